The van der Waals surface area contributed by atoms with Crippen LogP contribution in [0.25, 0.3) is 17.4 Å². The van der Waals surface area contributed by atoms with Gasteiger partial charge in [0.25, 0.3) is 5.56 Å². The highest BCUT2D eigenvalue weighted by molar-refractivity contribution is 7.07. The number of nitrogens with zero attached hydrogens (tertiary/aromatic N) is 2. The SMILES string of the molecule is CCCC1=C(C(=O)OCC)[C@@H](c2ccc(C(C)C)cc2)n2c(s/c(=C\c3ccc(-c4cccc(C(=O)O)c4)o3)c2=O)=N1. The van der Waals surface area contributed by atoms with Crippen molar-refractivity contribution in [2.24, 2.45) is 4.99 Å². The molecular weight excluding hydrogens is 552 g/mol. The Morgan fingerprint density at radius 1 is 1.12 bits per heavy atom. The Hall–Kier alpha value is -4.50. The molecule has 2 aromatic carbocycles. The Balaban J connectivity index is 1.65. The first kappa shape index (κ1) is 29.0. The molecule has 9 heteroatoms. The van der Waals surface area contributed by atoms with Gasteiger partial charge in [-0.2, -0.15) is 0 Å². The minimum absolute atomic E-state index is 0.153. The third-order valence-corrected chi connectivity index (χ3v) is 8.09. The first-order valence-corrected chi connectivity index (χ1v) is 14.8. The third-order valence-electron chi connectivity index (χ3n) is 7.11. The fourth-order valence-electron chi connectivity index (χ4n) is 5.02. The zero-order valence-corrected chi connectivity index (χ0v) is 24.7. The number of carbonyl (C=O) groups excluding carboxylic acids is 1. The van der Waals surface area contributed by atoms with Gasteiger partial charge in [-0.15, -0.1) is 0 Å². The predicted octanol–water partition coefficient (Wildman–Crippen LogP) is 5.66. The molecule has 1 aliphatic rings. The van der Waals surface area contributed by atoms with E-state index in [0.717, 1.165) is 17.5 Å². The van der Waals surface area contributed by atoms with Crippen LogP contribution in [0.3, 0.4) is 0 Å². The van der Waals surface area contributed by atoms with Crippen LogP contribution in [0.15, 0.2) is 86.1 Å². The Kier molecular flexibility index (Phi) is 8.40. The molecule has 0 bridgehead atoms. The number of ether oxygens (including phenoxy) is 1. The van der Waals surface area contributed by atoms with E-state index in [1.807, 2.05) is 31.2 Å². The summed E-state index contributed by atoms with van der Waals surface area (Å²) in [7, 11) is 0. The molecular formula is C33H32N2O6S. The second-order valence-corrected chi connectivity index (χ2v) is 11.3. The molecule has 0 unspecified atom stereocenters. The highest BCUT2D eigenvalue weighted by Crippen LogP contribution is 2.33. The van der Waals surface area contributed by atoms with E-state index in [2.05, 4.69) is 13.8 Å². The summed E-state index contributed by atoms with van der Waals surface area (Å²) in [6, 6.07) is 17.2. The summed E-state index contributed by atoms with van der Waals surface area (Å²) in [6.45, 7) is 8.22. The van der Waals surface area contributed by atoms with Crippen LogP contribution in [0.4, 0.5) is 0 Å². The smallest absolute Gasteiger partial charge is 0.338 e. The van der Waals surface area contributed by atoms with Crippen molar-refractivity contribution in [3.05, 3.63) is 114 Å². The van der Waals surface area contributed by atoms with Gasteiger partial charge in [0.15, 0.2) is 4.80 Å². The fraction of sp³-hybridized carbons (Fsp3) is 0.273. The summed E-state index contributed by atoms with van der Waals surface area (Å²) in [4.78, 5) is 44.0. The first-order valence-electron chi connectivity index (χ1n) is 14.0. The van der Waals surface area contributed by atoms with Crippen molar-refractivity contribution >= 4 is 29.4 Å². The monoisotopic (exact) mass is 584 g/mol. The summed E-state index contributed by atoms with van der Waals surface area (Å²) < 4.78 is 13.4. The second-order valence-electron chi connectivity index (χ2n) is 10.3. The van der Waals surface area contributed by atoms with Gasteiger partial charge in [-0.25, -0.2) is 14.6 Å². The van der Waals surface area contributed by atoms with Crippen molar-refractivity contribution in [1.82, 2.24) is 4.57 Å². The molecule has 2 aromatic heterocycles. The number of aromatic carboxylic acids is 1. The van der Waals surface area contributed by atoms with Gasteiger partial charge in [0.2, 0.25) is 0 Å². The quantitative estimate of drug-likeness (QED) is 0.254. The van der Waals surface area contributed by atoms with Gasteiger partial charge in [0.1, 0.15) is 11.5 Å². The summed E-state index contributed by atoms with van der Waals surface area (Å²) in [5.41, 5.74) is 3.44. The van der Waals surface area contributed by atoms with Crippen molar-refractivity contribution in [3.63, 3.8) is 0 Å². The van der Waals surface area contributed by atoms with E-state index in [1.54, 1.807) is 41.8 Å². The van der Waals surface area contributed by atoms with Gasteiger partial charge in [-0.1, -0.05) is 74.9 Å². The van der Waals surface area contributed by atoms with Crippen molar-refractivity contribution in [2.45, 2.75) is 52.5 Å². The molecule has 0 spiro atoms. The van der Waals surface area contributed by atoms with Crippen LogP contribution in [0.2, 0.25) is 0 Å². The molecule has 0 fully saturated rings. The van der Waals surface area contributed by atoms with E-state index in [0.29, 0.717) is 50.0 Å². The third kappa shape index (κ3) is 5.65. The Morgan fingerprint density at radius 3 is 2.55 bits per heavy atom. The maximum atomic E-state index is 14.0. The minimum atomic E-state index is -1.03. The van der Waals surface area contributed by atoms with Gasteiger partial charge in [0, 0.05) is 11.6 Å². The van der Waals surface area contributed by atoms with E-state index < -0.39 is 18.0 Å². The van der Waals surface area contributed by atoms with Crippen molar-refractivity contribution in [2.75, 3.05) is 6.61 Å². The number of fused-ring (bicyclic) bond motifs is 1. The highest BCUT2D eigenvalue weighted by Gasteiger charge is 2.34. The number of carboxylic acid groups (broad SMARTS) is 1. The number of hydrogen-bond donors (Lipinski definition) is 1. The Morgan fingerprint density at radius 2 is 1.88 bits per heavy atom. The molecule has 216 valence electrons. The van der Waals surface area contributed by atoms with Crippen molar-refractivity contribution in [3.8, 4) is 11.3 Å². The van der Waals surface area contributed by atoms with Gasteiger partial charge in [0.05, 0.1) is 34.0 Å². The zero-order chi connectivity index (χ0) is 30.0. The minimum Gasteiger partial charge on any atom is -0.478 e. The van der Waals surface area contributed by atoms with Gasteiger partial charge >= 0.3 is 11.9 Å². The summed E-state index contributed by atoms with van der Waals surface area (Å²) in [5.74, 6) is -0.247. The number of esters is 1. The van der Waals surface area contributed by atoms with Gasteiger partial charge in [-0.05, 0) is 54.7 Å². The van der Waals surface area contributed by atoms with Crippen LogP contribution < -0.4 is 14.9 Å². The van der Waals surface area contributed by atoms with E-state index in [1.165, 1.54) is 23.5 Å². The van der Waals surface area contributed by atoms with E-state index in [4.69, 9.17) is 14.1 Å². The Bertz CT molecular complexity index is 1860. The molecule has 1 N–H and O–H groups in total. The van der Waals surface area contributed by atoms with Crippen molar-refractivity contribution in [1.29, 1.82) is 0 Å². The Labute approximate surface area is 246 Å². The number of allylic oxidation sites excluding steroid dienone is 1. The van der Waals surface area contributed by atoms with Crippen LogP contribution in [-0.4, -0.2) is 28.2 Å². The van der Waals surface area contributed by atoms with Crippen LogP contribution >= 0.6 is 11.3 Å². The molecule has 0 radical (unpaired) electrons. The maximum absolute atomic E-state index is 14.0. The number of aromatic nitrogens is 1. The lowest BCUT2D eigenvalue weighted by atomic mass is 9.92. The summed E-state index contributed by atoms with van der Waals surface area (Å²) in [5, 5.41) is 9.33. The average molecular weight is 585 g/mol. The molecule has 1 atom stereocenters. The highest BCUT2D eigenvalue weighted by atomic mass is 32.1. The molecule has 0 amide bonds. The number of thiazole rings is 1. The lowest BCUT2D eigenvalue weighted by Gasteiger charge is -2.26. The fourth-order valence-corrected chi connectivity index (χ4v) is 6.02. The van der Waals surface area contributed by atoms with Gasteiger partial charge < -0.3 is 14.3 Å². The molecule has 42 heavy (non-hydrogen) atoms. The maximum Gasteiger partial charge on any atom is 0.338 e. The van der Waals surface area contributed by atoms with E-state index in [-0.39, 0.29) is 17.7 Å². The molecule has 8 nitrogen and oxygen atoms in total. The molecule has 4 aromatic rings. The average Bonchev–Trinajstić information content (AvgIpc) is 3.57. The second kappa shape index (κ2) is 12.2. The van der Waals surface area contributed by atoms with Crippen LogP contribution in [-0.2, 0) is 9.53 Å². The number of hydrogen-bond acceptors (Lipinski definition) is 7. The number of rotatable bonds is 9. The molecule has 5 rings (SSSR count). The topological polar surface area (TPSA) is 111 Å². The molecule has 3 heterocycles. The largest absolute Gasteiger partial charge is 0.478 e. The zero-order valence-electron chi connectivity index (χ0n) is 23.9. The number of carboxylic acids is 1. The van der Waals surface area contributed by atoms with E-state index >= 15 is 0 Å². The predicted molar refractivity (Wildman–Crippen MR) is 161 cm³/mol. The van der Waals surface area contributed by atoms with E-state index in [9.17, 15) is 19.5 Å². The first-order chi connectivity index (χ1) is 20.2. The molecule has 0 saturated heterocycles. The van der Waals surface area contributed by atoms with Crippen molar-refractivity contribution < 1.29 is 23.8 Å². The lowest BCUT2D eigenvalue weighted by molar-refractivity contribution is -0.139. The molecule has 0 aliphatic carbocycles. The lowest BCUT2D eigenvalue weighted by Crippen LogP contribution is -2.40. The van der Waals surface area contributed by atoms with Crippen LogP contribution in [0.5, 0.6) is 0 Å². The number of benzene rings is 2. The number of furan rings is 1. The number of carbonyl (C=O) groups is 2. The van der Waals surface area contributed by atoms with Crippen LogP contribution in [0.1, 0.15) is 79.7 Å². The standard InChI is InChI=1S/C33H32N2O6S/c1-5-8-25-28(32(39)40-6-2)29(21-13-11-20(12-14-21)19(3)4)35-30(36)27(42-33(35)34-25)18-24-15-16-26(41-24)22-9-7-10-23(17-22)31(37)38/h7,9-19,29H,5-6,8H2,1-4H3,(H,37,38)/b27-18-/t29-/m1/s1. The molecule has 0 saturated carbocycles. The van der Waals surface area contributed by atoms with Gasteiger partial charge in [-0.3, -0.25) is 9.36 Å². The normalized spacial score (nSPS) is 15.1. The van der Waals surface area contributed by atoms with Crippen LogP contribution in [0, 0.1) is 0 Å². The summed E-state index contributed by atoms with van der Waals surface area (Å²) >= 11 is 1.24. The summed E-state index contributed by atoms with van der Waals surface area (Å²) in [6.07, 6.45) is 2.99. The molecule has 1 aliphatic heterocycles.